The number of piperidine rings is 1. The maximum absolute atomic E-state index is 13.6. The third-order valence-corrected chi connectivity index (χ3v) is 7.78. The van der Waals surface area contributed by atoms with Gasteiger partial charge in [0.25, 0.3) is 0 Å². The molecule has 2 aromatic rings. The second-order valence-corrected chi connectivity index (χ2v) is 9.93. The highest BCUT2D eigenvalue weighted by Crippen LogP contribution is 2.27. The highest BCUT2D eigenvalue weighted by molar-refractivity contribution is 7.91. The smallest absolute Gasteiger partial charge is 0.237 e. The van der Waals surface area contributed by atoms with Gasteiger partial charge in [-0.2, -0.15) is 0 Å². The van der Waals surface area contributed by atoms with Gasteiger partial charge >= 0.3 is 0 Å². The minimum Gasteiger partial charge on any atom is -0.494 e. The number of benzene rings is 2. The van der Waals surface area contributed by atoms with Gasteiger partial charge in [0.2, 0.25) is 15.7 Å². The molecule has 3 N–H and O–H groups in total. The molecule has 3 atom stereocenters. The van der Waals surface area contributed by atoms with Crippen molar-refractivity contribution in [2.24, 2.45) is 5.92 Å². The van der Waals surface area contributed by atoms with Gasteiger partial charge in [-0.05, 0) is 61.7 Å². The van der Waals surface area contributed by atoms with Crippen LogP contribution in [0.5, 0.6) is 5.75 Å². The molecule has 0 bridgehead atoms. The Kier molecular flexibility index (Phi) is 6.27. The molecule has 2 aliphatic rings. The SMILES string of the molecule is COc1cc(S(=O)(=O)c2ccc(CNC(=O)C3CC4CNCCC4N3)cc2)ccc1F. The molecule has 1 amide bonds. The van der Waals surface area contributed by atoms with Crippen LogP contribution in [0.25, 0.3) is 0 Å². The van der Waals surface area contributed by atoms with Crippen LogP contribution in [-0.2, 0) is 21.2 Å². The largest absolute Gasteiger partial charge is 0.494 e. The Hall–Kier alpha value is -2.49. The van der Waals surface area contributed by atoms with Crippen LogP contribution in [0.15, 0.2) is 52.3 Å². The predicted molar refractivity (Wildman–Crippen MR) is 113 cm³/mol. The Labute approximate surface area is 181 Å². The second kappa shape index (κ2) is 8.94. The number of amides is 1. The molecule has 0 spiro atoms. The number of fused-ring (bicyclic) bond motifs is 1. The number of nitrogens with one attached hydrogen (secondary N) is 3. The van der Waals surface area contributed by atoms with Crippen molar-refractivity contribution in [2.45, 2.75) is 41.3 Å². The number of ether oxygens (including phenoxy) is 1. The number of carbonyl (C=O) groups is 1. The average Bonchev–Trinajstić information content (AvgIpc) is 3.22. The Bertz CT molecular complexity index is 1040. The summed E-state index contributed by atoms with van der Waals surface area (Å²) < 4.78 is 44.1. The van der Waals surface area contributed by atoms with E-state index in [-0.39, 0.29) is 27.5 Å². The molecule has 7 nitrogen and oxygen atoms in total. The molecule has 0 aromatic heterocycles. The van der Waals surface area contributed by atoms with Gasteiger partial charge < -0.3 is 20.7 Å². The zero-order chi connectivity index (χ0) is 22.0. The monoisotopic (exact) mass is 447 g/mol. The van der Waals surface area contributed by atoms with Gasteiger partial charge in [-0.15, -0.1) is 0 Å². The molecule has 166 valence electrons. The average molecular weight is 448 g/mol. The van der Waals surface area contributed by atoms with Gasteiger partial charge in [0.1, 0.15) is 0 Å². The van der Waals surface area contributed by atoms with Crippen molar-refractivity contribution in [3.05, 3.63) is 53.8 Å². The molecule has 0 saturated carbocycles. The lowest BCUT2D eigenvalue weighted by molar-refractivity contribution is -0.123. The van der Waals surface area contributed by atoms with E-state index in [1.807, 2.05) is 0 Å². The van der Waals surface area contributed by atoms with E-state index in [4.69, 9.17) is 4.74 Å². The normalized spacial score (nSPS) is 23.2. The highest BCUT2D eigenvalue weighted by atomic mass is 32.2. The molecular weight excluding hydrogens is 421 g/mol. The summed E-state index contributed by atoms with van der Waals surface area (Å²) in [6, 6.07) is 9.96. The lowest BCUT2D eigenvalue weighted by Gasteiger charge is -2.25. The number of methoxy groups -OCH3 is 1. The van der Waals surface area contributed by atoms with Gasteiger partial charge in [0.05, 0.1) is 22.9 Å². The molecule has 31 heavy (non-hydrogen) atoms. The quantitative estimate of drug-likeness (QED) is 0.583. The fourth-order valence-electron chi connectivity index (χ4n) is 4.24. The molecule has 0 radical (unpaired) electrons. The lowest BCUT2D eigenvalue weighted by atomic mass is 9.94. The predicted octanol–water partition coefficient (Wildman–Crippen LogP) is 1.62. The third-order valence-electron chi connectivity index (χ3n) is 6.01. The zero-order valence-corrected chi connectivity index (χ0v) is 18.0. The molecule has 0 aliphatic carbocycles. The van der Waals surface area contributed by atoms with Gasteiger partial charge in [0.15, 0.2) is 11.6 Å². The summed E-state index contributed by atoms with van der Waals surface area (Å²) in [5.74, 6) is -0.306. The van der Waals surface area contributed by atoms with Crippen LogP contribution >= 0.6 is 0 Å². The first-order chi connectivity index (χ1) is 14.9. The number of halogens is 1. The van der Waals surface area contributed by atoms with E-state index in [0.717, 1.165) is 37.6 Å². The minimum atomic E-state index is -3.81. The summed E-state index contributed by atoms with van der Waals surface area (Å²) in [7, 11) is -2.53. The van der Waals surface area contributed by atoms with Crippen LogP contribution in [-0.4, -0.2) is 46.6 Å². The fourth-order valence-corrected chi connectivity index (χ4v) is 5.52. The van der Waals surface area contributed by atoms with E-state index in [9.17, 15) is 17.6 Å². The van der Waals surface area contributed by atoms with Crippen LogP contribution < -0.4 is 20.7 Å². The third kappa shape index (κ3) is 4.58. The number of hydrogen-bond donors (Lipinski definition) is 3. The molecule has 2 heterocycles. The summed E-state index contributed by atoms with van der Waals surface area (Å²) >= 11 is 0. The first kappa shape index (κ1) is 21.7. The molecule has 9 heteroatoms. The van der Waals surface area contributed by atoms with Crippen LogP contribution in [0.1, 0.15) is 18.4 Å². The number of carbonyl (C=O) groups excluding carboxylic acids is 1. The topological polar surface area (TPSA) is 96.5 Å². The van der Waals surface area contributed by atoms with Crippen molar-refractivity contribution < 1.29 is 22.3 Å². The Balaban J connectivity index is 1.38. The molecule has 4 rings (SSSR count). The molecular formula is C22H26FN3O4S. The summed E-state index contributed by atoms with van der Waals surface area (Å²) in [6.07, 6.45) is 1.85. The van der Waals surface area contributed by atoms with Crippen LogP contribution in [0, 0.1) is 11.7 Å². The first-order valence-electron chi connectivity index (χ1n) is 10.3. The molecule has 2 saturated heterocycles. The maximum Gasteiger partial charge on any atom is 0.237 e. The van der Waals surface area contributed by atoms with Crippen molar-refractivity contribution in [3.63, 3.8) is 0 Å². The molecule has 3 unspecified atom stereocenters. The summed E-state index contributed by atoms with van der Waals surface area (Å²) in [6.45, 7) is 2.23. The summed E-state index contributed by atoms with van der Waals surface area (Å²) in [5.41, 5.74) is 0.793. The Morgan fingerprint density at radius 3 is 2.65 bits per heavy atom. The molecule has 2 fully saturated rings. The standard InChI is InChI=1S/C22H26FN3O4S/c1-30-21-11-17(6-7-18(21)23)31(28,29)16-4-2-14(3-5-16)12-25-22(27)20-10-15-13-24-9-8-19(15)26-20/h2-7,11,15,19-20,24,26H,8-10,12-13H2,1H3,(H,25,27). The lowest BCUT2D eigenvalue weighted by Crippen LogP contribution is -2.45. The van der Waals surface area contributed by atoms with E-state index >= 15 is 0 Å². The van der Waals surface area contributed by atoms with Crippen molar-refractivity contribution in [1.82, 2.24) is 16.0 Å². The van der Waals surface area contributed by atoms with Gasteiger partial charge in [-0.1, -0.05) is 12.1 Å². The first-order valence-corrected chi connectivity index (χ1v) is 11.8. The minimum absolute atomic E-state index is 0.0375. The fraction of sp³-hybridized carbons (Fsp3) is 0.409. The zero-order valence-electron chi connectivity index (χ0n) is 17.2. The maximum atomic E-state index is 13.6. The van der Waals surface area contributed by atoms with E-state index in [1.54, 1.807) is 12.1 Å². The van der Waals surface area contributed by atoms with Crippen LogP contribution in [0.2, 0.25) is 0 Å². The van der Waals surface area contributed by atoms with Gasteiger partial charge in [-0.25, -0.2) is 12.8 Å². The van der Waals surface area contributed by atoms with Crippen LogP contribution in [0.4, 0.5) is 4.39 Å². The van der Waals surface area contributed by atoms with Crippen molar-refractivity contribution >= 4 is 15.7 Å². The molecule has 2 aromatic carbocycles. The summed E-state index contributed by atoms with van der Waals surface area (Å²) in [4.78, 5) is 12.6. The van der Waals surface area contributed by atoms with Gasteiger partial charge in [-0.3, -0.25) is 4.79 Å². The number of rotatable bonds is 6. The Morgan fingerprint density at radius 2 is 1.94 bits per heavy atom. The van der Waals surface area contributed by atoms with Crippen molar-refractivity contribution in [2.75, 3.05) is 20.2 Å². The number of sulfone groups is 1. The van der Waals surface area contributed by atoms with E-state index in [1.165, 1.54) is 31.4 Å². The Morgan fingerprint density at radius 1 is 1.19 bits per heavy atom. The van der Waals surface area contributed by atoms with Crippen molar-refractivity contribution in [1.29, 1.82) is 0 Å². The highest BCUT2D eigenvalue weighted by Gasteiger charge is 2.38. The van der Waals surface area contributed by atoms with E-state index in [2.05, 4.69) is 16.0 Å². The molecule has 2 aliphatic heterocycles. The second-order valence-electron chi connectivity index (χ2n) is 7.98. The van der Waals surface area contributed by atoms with E-state index in [0.29, 0.717) is 18.5 Å². The van der Waals surface area contributed by atoms with Crippen molar-refractivity contribution in [3.8, 4) is 5.75 Å². The van der Waals surface area contributed by atoms with E-state index < -0.39 is 15.7 Å². The van der Waals surface area contributed by atoms with Gasteiger partial charge in [0, 0.05) is 18.7 Å². The number of hydrogen-bond acceptors (Lipinski definition) is 6. The summed E-state index contributed by atoms with van der Waals surface area (Å²) in [5, 5.41) is 9.72. The van der Waals surface area contributed by atoms with Crippen LogP contribution in [0.3, 0.4) is 0 Å².